The van der Waals surface area contributed by atoms with Crippen LogP contribution in [0.15, 0.2) is 0 Å². The fraction of sp³-hybridized carbons (Fsp3) is 1.00. The van der Waals surface area contributed by atoms with E-state index in [2.05, 4.69) is 42.0 Å². The summed E-state index contributed by atoms with van der Waals surface area (Å²) >= 11 is 0. The molecule has 4 nitrogen and oxygen atoms in total. The number of hydrogen-bond donors (Lipinski definition) is 4. The molecule has 0 aliphatic rings. The highest BCUT2D eigenvalue weighted by atomic mass is 79.9. The third-order valence-electron chi connectivity index (χ3n) is 2.97. The highest BCUT2D eigenvalue weighted by Gasteiger charge is 1.97. The Hall–Kier alpha value is 1.76. The second-order valence-electron chi connectivity index (χ2n) is 4.81. The number of rotatable bonds is 14. The summed E-state index contributed by atoms with van der Waals surface area (Å²) in [7, 11) is 0. The molecule has 0 radical (unpaired) electrons. The Kier molecular flexibility index (Phi) is 60.4. The number of hydrogen-bond acceptors (Lipinski definition) is 4. The van der Waals surface area contributed by atoms with Gasteiger partial charge in [0.1, 0.15) is 0 Å². The van der Waals surface area contributed by atoms with Gasteiger partial charge in [-0.3, -0.25) is 0 Å². The summed E-state index contributed by atoms with van der Waals surface area (Å²) in [6.07, 6.45) is 3.65. The molecule has 0 saturated heterocycles. The minimum atomic E-state index is 0. The molecule has 1 atom stereocenters. The molecule has 0 heterocycles. The third-order valence-corrected chi connectivity index (χ3v) is 2.97. The van der Waals surface area contributed by atoms with E-state index in [1.54, 1.807) is 0 Å². The summed E-state index contributed by atoms with van der Waals surface area (Å²) in [5.74, 6) is 0. The van der Waals surface area contributed by atoms with E-state index in [0.717, 1.165) is 45.8 Å². The van der Waals surface area contributed by atoms with Gasteiger partial charge in [0.05, 0.1) is 0 Å². The lowest BCUT2D eigenvalue weighted by Gasteiger charge is -2.12. The smallest absolute Gasteiger partial charge is 0.00506 e. The van der Waals surface area contributed by atoms with Gasteiger partial charge < -0.3 is 21.3 Å². The highest BCUT2D eigenvalue weighted by Crippen LogP contribution is 1.87. The van der Waals surface area contributed by atoms with Crippen LogP contribution < -0.4 is 21.3 Å². The molecule has 4 N–H and O–H groups in total. The molecule has 0 fully saturated rings. The van der Waals surface area contributed by atoms with E-state index >= 15 is 0 Å². The molecular weight excluding hydrogens is 556 g/mol. The van der Waals surface area contributed by atoms with Crippen molar-refractivity contribution in [1.29, 1.82) is 0 Å². The Morgan fingerprint density at radius 2 is 1.09 bits per heavy atom. The van der Waals surface area contributed by atoms with Gasteiger partial charge in [-0.2, -0.15) is 0 Å². The van der Waals surface area contributed by atoms with Crippen LogP contribution in [0, 0.1) is 0 Å². The van der Waals surface area contributed by atoms with Crippen molar-refractivity contribution in [3.63, 3.8) is 0 Å². The summed E-state index contributed by atoms with van der Waals surface area (Å²) < 4.78 is 0. The first-order valence-electron chi connectivity index (χ1n) is 7.66. The zero-order valence-corrected chi connectivity index (χ0v) is 21.1. The highest BCUT2D eigenvalue weighted by molar-refractivity contribution is 8.93. The number of nitrogens with one attached hydrogen (secondary N) is 4. The molecule has 0 rings (SSSR count). The zero-order valence-electron chi connectivity index (χ0n) is 14.3. The van der Waals surface area contributed by atoms with Crippen LogP contribution in [0.25, 0.3) is 0 Å². The molecule has 23 heavy (non-hydrogen) atoms. The monoisotopic (exact) mass is 594 g/mol. The lowest BCUT2D eigenvalue weighted by molar-refractivity contribution is 0.497. The average Bonchev–Trinajstić information content (AvgIpc) is 2.36. The van der Waals surface area contributed by atoms with Crippen molar-refractivity contribution in [2.24, 2.45) is 0 Å². The van der Waals surface area contributed by atoms with Crippen LogP contribution in [-0.2, 0) is 0 Å². The van der Waals surface area contributed by atoms with Crippen molar-refractivity contribution < 1.29 is 0 Å². The topological polar surface area (TPSA) is 48.1 Å². The second kappa shape index (κ2) is 35.0. The molecule has 0 bridgehead atoms. The van der Waals surface area contributed by atoms with E-state index < -0.39 is 0 Å². The van der Waals surface area contributed by atoms with Crippen molar-refractivity contribution in [3.05, 3.63) is 0 Å². The van der Waals surface area contributed by atoms with Gasteiger partial charge in [-0.05, 0) is 72.0 Å². The van der Waals surface area contributed by atoms with E-state index in [-0.39, 0.29) is 75.4 Å². The largest absolute Gasteiger partial charge is 0.317 e. The quantitative estimate of drug-likeness (QED) is 0.230. The fourth-order valence-electron chi connectivity index (χ4n) is 1.87. The predicted molar refractivity (Wildman–Crippen MR) is 129 cm³/mol. The van der Waals surface area contributed by atoms with E-state index in [1.165, 1.54) is 19.3 Å². The van der Waals surface area contributed by atoms with Gasteiger partial charge >= 0.3 is 0 Å². The fourth-order valence-corrected chi connectivity index (χ4v) is 1.87. The Morgan fingerprint density at radius 3 is 1.52 bits per heavy atom. The van der Waals surface area contributed by atoms with Crippen molar-refractivity contribution in [2.45, 2.75) is 53.5 Å². The Bertz CT molecular complexity index is 168. The minimum Gasteiger partial charge on any atom is -0.317 e. The van der Waals surface area contributed by atoms with Crippen LogP contribution >= 0.6 is 67.9 Å². The molecule has 0 amide bonds. The van der Waals surface area contributed by atoms with E-state index in [9.17, 15) is 0 Å². The molecule has 1 unspecified atom stereocenters. The Balaban J connectivity index is -0.000000144. The Labute approximate surface area is 187 Å². The molecule has 0 spiro atoms. The van der Waals surface area contributed by atoms with Gasteiger partial charge in [-0.15, -0.1) is 67.9 Å². The Morgan fingerprint density at radius 1 is 0.652 bits per heavy atom. The molecular formula is C15H42Br4N4. The molecule has 0 aliphatic carbocycles. The van der Waals surface area contributed by atoms with Crippen LogP contribution in [0.3, 0.4) is 0 Å². The molecule has 0 aromatic rings. The normalized spacial score (nSPS) is 10.0. The maximum Gasteiger partial charge on any atom is 0.00506 e. The lowest BCUT2D eigenvalue weighted by atomic mass is 10.2. The zero-order chi connectivity index (χ0) is 13.5. The van der Waals surface area contributed by atoms with Crippen molar-refractivity contribution in [2.75, 3.05) is 45.8 Å². The van der Waals surface area contributed by atoms with Crippen LogP contribution in [-0.4, -0.2) is 51.9 Å². The molecule has 0 aromatic heterocycles. The standard InChI is InChI=1S/C14H34N4.CH4.4BrH/c1-4-15-9-6-10-16-11-7-12-17-13-8-14(3)18-5-2;;;;;/h14-18H,4-13H2,1-3H3;1H4;4*1H. The van der Waals surface area contributed by atoms with Crippen LogP contribution in [0.5, 0.6) is 0 Å². The SMILES string of the molecule is Br.Br.Br.Br.C.CCNCCCNCCCNCCC(C)NCC. The van der Waals surface area contributed by atoms with E-state index in [1.807, 2.05) is 0 Å². The average molecular weight is 598 g/mol. The molecule has 0 saturated carbocycles. The first-order valence-corrected chi connectivity index (χ1v) is 7.66. The summed E-state index contributed by atoms with van der Waals surface area (Å²) in [5.41, 5.74) is 0. The first-order chi connectivity index (χ1) is 8.81. The van der Waals surface area contributed by atoms with Crippen LogP contribution in [0.2, 0.25) is 0 Å². The van der Waals surface area contributed by atoms with Gasteiger partial charge in [0.2, 0.25) is 0 Å². The van der Waals surface area contributed by atoms with Crippen molar-refractivity contribution >= 4 is 67.9 Å². The van der Waals surface area contributed by atoms with Gasteiger partial charge in [0.15, 0.2) is 0 Å². The van der Waals surface area contributed by atoms with Gasteiger partial charge in [0, 0.05) is 6.04 Å². The summed E-state index contributed by atoms with van der Waals surface area (Å²) in [5, 5.41) is 13.7. The molecule has 0 aromatic carbocycles. The first kappa shape index (κ1) is 39.7. The molecule has 8 heteroatoms. The van der Waals surface area contributed by atoms with Crippen LogP contribution in [0.4, 0.5) is 0 Å². The van der Waals surface area contributed by atoms with E-state index in [0.29, 0.717) is 6.04 Å². The molecule has 0 aliphatic heterocycles. The minimum absolute atomic E-state index is 0. The number of halogens is 4. The van der Waals surface area contributed by atoms with E-state index in [4.69, 9.17) is 0 Å². The summed E-state index contributed by atoms with van der Waals surface area (Å²) in [4.78, 5) is 0. The summed E-state index contributed by atoms with van der Waals surface area (Å²) in [6, 6.07) is 0.631. The van der Waals surface area contributed by atoms with Gasteiger partial charge in [0.25, 0.3) is 0 Å². The third kappa shape index (κ3) is 35.7. The van der Waals surface area contributed by atoms with Crippen molar-refractivity contribution in [1.82, 2.24) is 21.3 Å². The lowest BCUT2D eigenvalue weighted by Crippen LogP contribution is -2.31. The van der Waals surface area contributed by atoms with Gasteiger partial charge in [-0.1, -0.05) is 21.3 Å². The predicted octanol–water partition coefficient (Wildman–Crippen LogP) is 3.89. The maximum atomic E-state index is 3.49. The van der Waals surface area contributed by atoms with Crippen molar-refractivity contribution in [3.8, 4) is 0 Å². The van der Waals surface area contributed by atoms with Gasteiger partial charge in [-0.25, -0.2) is 0 Å². The molecule has 150 valence electrons. The summed E-state index contributed by atoms with van der Waals surface area (Å²) in [6.45, 7) is 14.3. The maximum absolute atomic E-state index is 3.49. The second-order valence-corrected chi connectivity index (χ2v) is 4.81. The van der Waals surface area contributed by atoms with Crippen LogP contribution in [0.1, 0.15) is 47.5 Å².